The van der Waals surface area contributed by atoms with Gasteiger partial charge in [0.2, 0.25) is 0 Å². The number of amides is 1. The minimum Gasteiger partial charge on any atom is -0.333 e. The number of carbonyl (C=O) groups excluding carboxylic acids is 1. The smallest absolute Gasteiger partial charge is 0.276 e. The van der Waals surface area contributed by atoms with E-state index in [4.69, 9.17) is 0 Å². The van der Waals surface area contributed by atoms with Gasteiger partial charge in [-0.1, -0.05) is 11.3 Å². The molecule has 2 heterocycles. The zero-order chi connectivity index (χ0) is 18.5. The van der Waals surface area contributed by atoms with Gasteiger partial charge in [-0.15, -0.1) is 5.10 Å². The predicted octanol–water partition coefficient (Wildman–Crippen LogP) is 2.66. The molecule has 134 valence electrons. The molecule has 0 radical (unpaired) electrons. The number of carbonyl (C=O) groups is 1. The summed E-state index contributed by atoms with van der Waals surface area (Å²) < 4.78 is 28.7. The van der Waals surface area contributed by atoms with Crippen molar-refractivity contribution in [3.8, 4) is 0 Å². The van der Waals surface area contributed by atoms with Crippen LogP contribution in [0.3, 0.4) is 0 Å². The van der Waals surface area contributed by atoms with E-state index >= 15 is 0 Å². The van der Waals surface area contributed by atoms with Gasteiger partial charge in [0.05, 0.1) is 12.7 Å². The fraction of sp³-hybridized carbons (Fsp3) is 0.222. The van der Waals surface area contributed by atoms with Crippen LogP contribution in [0.2, 0.25) is 0 Å². The zero-order valence-electron chi connectivity index (χ0n) is 14.1. The Balaban J connectivity index is 1.74. The second-order valence-corrected chi connectivity index (χ2v) is 5.68. The van der Waals surface area contributed by atoms with Gasteiger partial charge in [0.25, 0.3) is 5.91 Å². The van der Waals surface area contributed by atoms with Gasteiger partial charge in [-0.25, -0.2) is 13.5 Å². The van der Waals surface area contributed by atoms with Crippen molar-refractivity contribution in [2.45, 2.75) is 20.0 Å². The lowest BCUT2D eigenvalue weighted by Gasteiger charge is -2.19. The standard InChI is InChI=1S/C18H17F2N5O/c1-2-24(10-13-6-8-21-9-7-13)18(26)17-12-25(23-22-17)11-14-15(19)4-3-5-16(14)20/h3-9,12H,2,10-11H2,1H3. The quantitative estimate of drug-likeness (QED) is 0.680. The first-order valence-corrected chi connectivity index (χ1v) is 8.09. The second-order valence-electron chi connectivity index (χ2n) is 5.68. The van der Waals surface area contributed by atoms with Crippen LogP contribution in [-0.2, 0) is 13.1 Å². The molecule has 1 aromatic carbocycles. The van der Waals surface area contributed by atoms with Crippen LogP contribution in [0.25, 0.3) is 0 Å². The van der Waals surface area contributed by atoms with Crippen molar-refractivity contribution >= 4 is 5.91 Å². The lowest BCUT2D eigenvalue weighted by molar-refractivity contribution is 0.0746. The molecule has 0 aliphatic rings. The zero-order valence-corrected chi connectivity index (χ0v) is 14.1. The minimum absolute atomic E-state index is 0.123. The molecule has 0 atom stereocenters. The summed E-state index contributed by atoms with van der Waals surface area (Å²) in [6.45, 7) is 2.61. The first kappa shape index (κ1) is 17.7. The Morgan fingerprint density at radius 1 is 1.15 bits per heavy atom. The fourth-order valence-electron chi connectivity index (χ4n) is 2.52. The van der Waals surface area contributed by atoms with Crippen LogP contribution in [0.1, 0.15) is 28.5 Å². The summed E-state index contributed by atoms with van der Waals surface area (Å²) in [5, 5.41) is 7.66. The first-order valence-electron chi connectivity index (χ1n) is 8.09. The van der Waals surface area contributed by atoms with E-state index < -0.39 is 11.6 Å². The van der Waals surface area contributed by atoms with Crippen molar-refractivity contribution in [3.05, 3.63) is 77.4 Å². The van der Waals surface area contributed by atoms with Gasteiger partial charge in [0, 0.05) is 31.0 Å². The van der Waals surface area contributed by atoms with Crippen LogP contribution in [0, 0.1) is 11.6 Å². The highest BCUT2D eigenvalue weighted by Gasteiger charge is 2.19. The highest BCUT2D eigenvalue weighted by Crippen LogP contribution is 2.14. The first-order chi connectivity index (χ1) is 12.6. The molecule has 0 saturated heterocycles. The molecule has 8 heteroatoms. The fourth-order valence-corrected chi connectivity index (χ4v) is 2.52. The number of pyridine rings is 1. The number of hydrogen-bond donors (Lipinski definition) is 0. The molecule has 0 unspecified atom stereocenters. The van der Waals surface area contributed by atoms with E-state index in [-0.39, 0.29) is 23.7 Å². The van der Waals surface area contributed by atoms with Crippen molar-refractivity contribution in [3.63, 3.8) is 0 Å². The summed E-state index contributed by atoms with van der Waals surface area (Å²) in [6.07, 6.45) is 4.71. The molecule has 0 aliphatic carbocycles. The van der Waals surface area contributed by atoms with Gasteiger partial charge >= 0.3 is 0 Å². The Hall–Kier alpha value is -3.16. The Morgan fingerprint density at radius 2 is 1.85 bits per heavy atom. The van der Waals surface area contributed by atoms with Crippen LogP contribution in [0.15, 0.2) is 48.9 Å². The highest BCUT2D eigenvalue weighted by atomic mass is 19.1. The van der Waals surface area contributed by atoms with Crippen molar-refractivity contribution in [2.75, 3.05) is 6.54 Å². The van der Waals surface area contributed by atoms with E-state index in [1.54, 1.807) is 17.3 Å². The second kappa shape index (κ2) is 7.81. The monoisotopic (exact) mass is 357 g/mol. The Bertz CT molecular complexity index is 877. The largest absolute Gasteiger partial charge is 0.333 e. The summed E-state index contributed by atoms with van der Waals surface area (Å²) >= 11 is 0. The number of aromatic nitrogens is 4. The van der Waals surface area contributed by atoms with Crippen LogP contribution >= 0.6 is 0 Å². The third-order valence-electron chi connectivity index (χ3n) is 3.93. The molecule has 26 heavy (non-hydrogen) atoms. The van der Waals surface area contributed by atoms with E-state index in [9.17, 15) is 13.6 Å². The molecule has 0 spiro atoms. The molecule has 3 rings (SSSR count). The highest BCUT2D eigenvalue weighted by molar-refractivity contribution is 5.91. The lowest BCUT2D eigenvalue weighted by atomic mass is 10.2. The van der Waals surface area contributed by atoms with Crippen LogP contribution < -0.4 is 0 Å². The summed E-state index contributed by atoms with van der Waals surface area (Å²) in [7, 11) is 0. The molecular formula is C18H17F2N5O. The van der Waals surface area contributed by atoms with E-state index in [0.717, 1.165) is 5.56 Å². The molecule has 0 bridgehead atoms. The molecule has 0 aliphatic heterocycles. The molecule has 0 N–H and O–H groups in total. The molecule has 2 aromatic heterocycles. The normalized spacial score (nSPS) is 10.7. The Kier molecular flexibility index (Phi) is 5.31. The van der Waals surface area contributed by atoms with E-state index in [2.05, 4.69) is 15.3 Å². The molecular weight excluding hydrogens is 340 g/mol. The van der Waals surface area contributed by atoms with Gasteiger partial charge in [0.15, 0.2) is 5.69 Å². The number of benzene rings is 1. The van der Waals surface area contributed by atoms with Gasteiger partial charge in [-0.05, 0) is 36.8 Å². The van der Waals surface area contributed by atoms with E-state index in [0.29, 0.717) is 13.1 Å². The Morgan fingerprint density at radius 3 is 2.50 bits per heavy atom. The average Bonchev–Trinajstić information content (AvgIpc) is 3.12. The topological polar surface area (TPSA) is 63.9 Å². The number of nitrogens with zero attached hydrogens (tertiary/aromatic N) is 5. The summed E-state index contributed by atoms with van der Waals surface area (Å²) in [5.74, 6) is -1.63. The summed E-state index contributed by atoms with van der Waals surface area (Å²) in [4.78, 5) is 18.2. The van der Waals surface area contributed by atoms with Gasteiger partial charge in [-0.3, -0.25) is 9.78 Å². The van der Waals surface area contributed by atoms with Gasteiger partial charge < -0.3 is 4.90 Å². The Labute approximate surface area is 149 Å². The van der Waals surface area contributed by atoms with Crippen molar-refractivity contribution in [1.82, 2.24) is 24.9 Å². The number of rotatable bonds is 6. The van der Waals surface area contributed by atoms with Crippen LogP contribution in [-0.4, -0.2) is 37.3 Å². The minimum atomic E-state index is -0.666. The maximum absolute atomic E-state index is 13.7. The van der Waals surface area contributed by atoms with E-state index in [1.165, 1.54) is 29.1 Å². The number of halogens is 2. The van der Waals surface area contributed by atoms with Crippen LogP contribution in [0.5, 0.6) is 0 Å². The van der Waals surface area contributed by atoms with Crippen LogP contribution in [0.4, 0.5) is 8.78 Å². The van der Waals surface area contributed by atoms with E-state index in [1.807, 2.05) is 19.1 Å². The van der Waals surface area contributed by atoms with Gasteiger partial charge in [-0.2, -0.15) is 0 Å². The SMILES string of the molecule is CCN(Cc1ccncc1)C(=O)c1cn(Cc2c(F)cccc2F)nn1. The number of hydrogen-bond acceptors (Lipinski definition) is 4. The molecule has 0 saturated carbocycles. The van der Waals surface area contributed by atoms with Crippen molar-refractivity contribution in [1.29, 1.82) is 0 Å². The van der Waals surface area contributed by atoms with Crippen molar-refractivity contribution in [2.24, 2.45) is 0 Å². The van der Waals surface area contributed by atoms with Crippen molar-refractivity contribution < 1.29 is 13.6 Å². The summed E-state index contributed by atoms with van der Waals surface area (Å²) in [6, 6.07) is 7.30. The maximum Gasteiger partial charge on any atom is 0.276 e. The lowest BCUT2D eigenvalue weighted by Crippen LogP contribution is -2.30. The molecule has 6 nitrogen and oxygen atoms in total. The molecule has 3 aromatic rings. The maximum atomic E-state index is 13.7. The third kappa shape index (κ3) is 3.90. The molecule has 0 fully saturated rings. The summed E-state index contributed by atoms with van der Waals surface area (Å²) in [5.41, 5.74) is 0.939. The molecule has 1 amide bonds. The average molecular weight is 357 g/mol. The predicted molar refractivity (Wildman–Crippen MR) is 90.1 cm³/mol. The van der Waals surface area contributed by atoms with Gasteiger partial charge in [0.1, 0.15) is 11.6 Å². The third-order valence-corrected chi connectivity index (χ3v) is 3.93.